The Morgan fingerprint density at radius 2 is 2.10 bits per heavy atom. The van der Waals surface area contributed by atoms with Gasteiger partial charge in [-0.3, -0.25) is 25.1 Å². The first-order valence-corrected chi connectivity index (χ1v) is 14.6. The Morgan fingerprint density at radius 3 is 2.85 bits per heavy atom. The van der Waals surface area contributed by atoms with E-state index >= 15 is 0 Å². The highest BCUT2D eigenvalue weighted by Gasteiger charge is 2.57. The predicted octanol–water partition coefficient (Wildman–Crippen LogP) is 1.23. The number of benzene rings is 1. The molecule has 214 valence electrons. The summed E-state index contributed by atoms with van der Waals surface area (Å²) in [6, 6.07) is 9.89. The molecule has 40 heavy (non-hydrogen) atoms. The van der Waals surface area contributed by atoms with Gasteiger partial charge in [0.1, 0.15) is 5.75 Å². The summed E-state index contributed by atoms with van der Waals surface area (Å²) in [7, 11) is 2.13. The second-order valence-electron chi connectivity index (χ2n) is 11.9. The molecule has 0 radical (unpaired) electrons. The lowest BCUT2D eigenvalue weighted by molar-refractivity contribution is -0.157. The minimum Gasteiger partial charge on any atom is -0.479 e. The summed E-state index contributed by atoms with van der Waals surface area (Å²) in [5.74, 6) is 0.751. The number of nitrogens with one attached hydrogen (secondary N) is 2. The van der Waals surface area contributed by atoms with Crippen LogP contribution in [0.1, 0.15) is 37.7 Å². The van der Waals surface area contributed by atoms with Crippen molar-refractivity contribution in [3.05, 3.63) is 42.5 Å². The lowest BCUT2D eigenvalue weighted by Gasteiger charge is -2.53. The molecule has 1 aliphatic carbocycles. The molecule has 7 atom stereocenters. The lowest BCUT2D eigenvalue weighted by Crippen LogP contribution is -2.75. The molecule has 1 aromatic carbocycles. The molecule has 1 amide bonds. The molecule has 1 aromatic rings. The number of rotatable bonds is 6. The summed E-state index contributed by atoms with van der Waals surface area (Å²) < 4.78 is 12.8. The topological polar surface area (TPSA) is 110 Å². The van der Waals surface area contributed by atoms with Gasteiger partial charge in [-0.2, -0.15) is 5.26 Å². The van der Waals surface area contributed by atoms with E-state index in [1.807, 2.05) is 24.3 Å². The number of hydrogen-bond acceptors (Lipinski definition) is 9. The maximum Gasteiger partial charge on any atom is 0.246 e. The van der Waals surface area contributed by atoms with Crippen molar-refractivity contribution < 1.29 is 19.1 Å². The van der Waals surface area contributed by atoms with E-state index in [0.29, 0.717) is 45.1 Å². The third kappa shape index (κ3) is 4.95. The van der Waals surface area contributed by atoms with Gasteiger partial charge in [-0.05, 0) is 57.0 Å². The molecule has 0 bridgehead atoms. The molecule has 10 nitrogen and oxygen atoms in total. The average molecular weight is 549 g/mol. The number of likely N-dealkylation sites (N-methyl/N-ethyl adjacent to an activating group) is 1. The third-order valence-electron chi connectivity index (χ3n) is 9.67. The summed E-state index contributed by atoms with van der Waals surface area (Å²) >= 11 is 0. The van der Waals surface area contributed by atoms with Crippen LogP contribution in [0.5, 0.6) is 5.75 Å². The van der Waals surface area contributed by atoms with E-state index in [1.165, 1.54) is 6.08 Å². The number of ketones is 1. The zero-order valence-electron chi connectivity index (χ0n) is 23.3. The van der Waals surface area contributed by atoms with Crippen molar-refractivity contribution in [2.24, 2.45) is 5.92 Å². The van der Waals surface area contributed by atoms with E-state index in [1.54, 1.807) is 4.90 Å². The highest BCUT2D eigenvalue weighted by Crippen LogP contribution is 2.45. The van der Waals surface area contributed by atoms with E-state index in [2.05, 4.69) is 40.1 Å². The van der Waals surface area contributed by atoms with Crippen molar-refractivity contribution >= 4 is 11.7 Å². The normalized spacial score (nSPS) is 36.1. The van der Waals surface area contributed by atoms with Crippen molar-refractivity contribution in [3.63, 3.8) is 0 Å². The molecule has 1 saturated carbocycles. The standard InChI is InChI=1S/C30H40N6O4/c1-3-25(37)36-16-15-35(18-21(36)11-13-31)28-23-10-12-30(17-20-7-4-5-9-24(20)40-30)27(38)26(23)32-29(33-28)39-19-22-8-6-14-34(22)2/h3-5,7,9,21-23,26,28-29,32-33H,1,6,8,10-12,14-19H2,2H3/t21?,22?,23?,26?,28?,29?,30-/m0/s1. The monoisotopic (exact) mass is 548 g/mol. The summed E-state index contributed by atoms with van der Waals surface area (Å²) in [4.78, 5) is 33.2. The van der Waals surface area contributed by atoms with Crippen LogP contribution in [0.2, 0.25) is 0 Å². The van der Waals surface area contributed by atoms with Crippen molar-refractivity contribution in [1.29, 1.82) is 5.26 Å². The van der Waals surface area contributed by atoms with Gasteiger partial charge >= 0.3 is 0 Å². The van der Waals surface area contributed by atoms with Crippen molar-refractivity contribution in [3.8, 4) is 11.8 Å². The van der Waals surface area contributed by atoms with Gasteiger partial charge in [-0.15, -0.1) is 0 Å². The van der Waals surface area contributed by atoms with Crippen molar-refractivity contribution in [1.82, 2.24) is 25.3 Å². The number of carbonyl (C=O) groups is 2. The molecular weight excluding hydrogens is 508 g/mol. The summed E-state index contributed by atoms with van der Waals surface area (Å²) in [5.41, 5.74) is 0.230. The molecule has 4 aliphatic heterocycles. The van der Waals surface area contributed by atoms with Crippen LogP contribution in [-0.4, -0.2) is 102 Å². The van der Waals surface area contributed by atoms with Crippen molar-refractivity contribution in [2.75, 3.05) is 39.8 Å². The number of piperazine rings is 1. The number of nitrogens with zero attached hydrogens (tertiary/aromatic N) is 4. The quantitative estimate of drug-likeness (QED) is 0.508. The Labute approximate surface area is 236 Å². The first-order chi connectivity index (χ1) is 19.4. The number of fused-ring (bicyclic) bond motifs is 2. The summed E-state index contributed by atoms with van der Waals surface area (Å²) in [6.07, 6.45) is 5.25. The van der Waals surface area contributed by atoms with Crippen molar-refractivity contribution in [2.45, 2.75) is 74.8 Å². The van der Waals surface area contributed by atoms with Gasteiger partial charge in [-0.1, -0.05) is 24.8 Å². The minimum absolute atomic E-state index is 0.00355. The maximum absolute atomic E-state index is 14.3. The Morgan fingerprint density at radius 1 is 1.25 bits per heavy atom. The largest absolute Gasteiger partial charge is 0.479 e. The molecule has 10 heteroatoms. The fourth-order valence-electron chi connectivity index (χ4n) is 7.47. The Kier molecular flexibility index (Phi) is 7.68. The van der Waals surface area contributed by atoms with E-state index in [-0.39, 0.29) is 36.2 Å². The Hall–Kier alpha value is -2.81. The zero-order chi connectivity index (χ0) is 27.9. The SMILES string of the molecule is C=CC(=O)N1CCN(C2NC(OCC3CCCN3C)NC3C(=O)[C@]4(CCC32)Cc2ccccc2O4)CC1CC#N. The number of hydrogen-bond donors (Lipinski definition) is 2. The van der Waals surface area contributed by atoms with Gasteiger partial charge in [0.2, 0.25) is 5.91 Å². The number of carbonyl (C=O) groups excluding carboxylic acids is 2. The number of Topliss-reactive ketones (excluding diaryl/α,β-unsaturated/α-hetero) is 1. The van der Waals surface area contributed by atoms with Gasteiger partial charge in [0.25, 0.3) is 0 Å². The molecule has 6 rings (SSSR count). The molecule has 6 unspecified atom stereocenters. The number of likely N-dealkylation sites (tertiary alicyclic amines) is 1. The fourth-order valence-corrected chi connectivity index (χ4v) is 7.47. The molecule has 5 aliphatic rings. The molecule has 4 fully saturated rings. The minimum atomic E-state index is -0.853. The molecule has 1 spiro atoms. The van der Waals surface area contributed by atoms with E-state index in [0.717, 1.165) is 37.1 Å². The predicted molar refractivity (Wildman–Crippen MR) is 148 cm³/mol. The Balaban J connectivity index is 1.23. The van der Waals surface area contributed by atoms with Gasteiger partial charge in [0.05, 0.1) is 37.3 Å². The average Bonchev–Trinajstić information content (AvgIpc) is 3.56. The van der Waals surface area contributed by atoms with Crippen LogP contribution >= 0.6 is 0 Å². The van der Waals surface area contributed by atoms with Crippen LogP contribution in [0.3, 0.4) is 0 Å². The molecule has 3 saturated heterocycles. The second-order valence-corrected chi connectivity index (χ2v) is 11.9. The maximum atomic E-state index is 14.3. The van der Waals surface area contributed by atoms with Gasteiger partial charge in [-0.25, -0.2) is 0 Å². The first-order valence-electron chi connectivity index (χ1n) is 14.6. The number of amides is 1. The fraction of sp³-hybridized carbons (Fsp3) is 0.633. The van der Waals surface area contributed by atoms with Gasteiger partial charge < -0.3 is 19.3 Å². The molecule has 0 aromatic heterocycles. The highest BCUT2D eigenvalue weighted by atomic mass is 16.5. The van der Waals surface area contributed by atoms with Crippen LogP contribution in [0.15, 0.2) is 36.9 Å². The highest BCUT2D eigenvalue weighted by molar-refractivity contribution is 5.95. The molecular formula is C30H40N6O4. The second kappa shape index (κ2) is 11.2. The van der Waals surface area contributed by atoms with Crippen LogP contribution in [0.25, 0.3) is 0 Å². The lowest BCUT2D eigenvalue weighted by atomic mass is 9.70. The summed E-state index contributed by atoms with van der Waals surface area (Å²) in [5, 5.41) is 16.7. The van der Waals surface area contributed by atoms with E-state index in [9.17, 15) is 14.9 Å². The van der Waals surface area contributed by atoms with Crippen LogP contribution in [0, 0.1) is 17.2 Å². The van der Waals surface area contributed by atoms with E-state index < -0.39 is 18.0 Å². The van der Waals surface area contributed by atoms with E-state index in [4.69, 9.17) is 9.47 Å². The smallest absolute Gasteiger partial charge is 0.246 e. The van der Waals surface area contributed by atoms with Gasteiger partial charge in [0, 0.05) is 38.0 Å². The third-order valence-corrected chi connectivity index (χ3v) is 9.67. The zero-order valence-corrected chi connectivity index (χ0v) is 23.3. The number of ether oxygens (including phenoxy) is 2. The van der Waals surface area contributed by atoms with Crippen LogP contribution in [-0.2, 0) is 20.7 Å². The first kappa shape index (κ1) is 27.4. The van der Waals surface area contributed by atoms with Gasteiger partial charge in [0.15, 0.2) is 17.7 Å². The van der Waals surface area contributed by atoms with Crippen LogP contribution in [0.4, 0.5) is 0 Å². The molecule has 2 N–H and O–H groups in total. The number of para-hydroxylation sites is 1. The number of nitriles is 1. The summed E-state index contributed by atoms with van der Waals surface area (Å²) in [6.45, 7) is 6.98. The van der Waals surface area contributed by atoms with Crippen LogP contribution < -0.4 is 15.4 Å². The Bertz CT molecular complexity index is 1160. The molecule has 4 heterocycles.